The normalized spacial score (nSPS) is 12.0. The summed E-state index contributed by atoms with van der Waals surface area (Å²) in [5.74, 6) is -1.85. The Balaban J connectivity index is 2.80. The van der Waals surface area contributed by atoms with Crippen molar-refractivity contribution in [2.75, 3.05) is 6.67 Å². The molecule has 1 aromatic rings. The van der Waals surface area contributed by atoms with Crippen molar-refractivity contribution in [1.82, 2.24) is 5.32 Å². The smallest absolute Gasteiger partial charge is 0.328 e. The quantitative estimate of drug-likeness (QED) is 0.853. The van der Waals surface area contributed by atoms with Crippen LogP contribution in [0.4, 0.5) is 4.39 Å². The molecule has 0 aliphatic carbocycles. The number of carbonyl (C=O) groups excluding carboxylic acids is 1. The summed E-state index contributed by atoms with van der Waals surface area (Å²) in [7, 11) is 0. The van der Waals surface area contributed by atoms with E-state index in [9.17, 15) is 14.0 Å². The molecule has 0 aliphatic heterocycles. The molecule has 0 bridgehead atoms. The molecular weight excluding hydrogens is 249 g/mol. The van der Waals surface area contributed by atoms with Gasteiger partial charge in [-0.25, -0.2) is 9.18 Å². The highest BCUT2D eigenvalue weighted by molar-refractivity contribution is 5.85. The van der Waals surface area contributed by atoms with Crippen LogP contribution in [-0.4, -0.2) is 29.7 Å². The number of carbonyl (C=O) groups is 2. The highest BCUT2D eigenvalue weighted by Crippen LogP contribution is 2.16. The lowest BCUT2D eigenvalue weighted by Gasteiger charge is -2.14. The van der Waals surface area contributed by atoms with Gasteiger partial charge in [-0.05, 0) is 37.5 Å². The molecule has 4 nitrogen and oxygen atoms in total. The molecule has 0 saturated heterocycles. The zero-order chi connectivity index (χ0) is 14.6. The van der Waals surface area contributed by atoms with Crippen molar-refractivity contribution in [3.8, 4) is 0 Å². The van der Waals surface area contributed by atoms with Crippen LogP contribution in [0.2, 0.25) is 0 Å². The number of aliphatic carboxylic acids is 1. The lowest BCUT2D eigenvalue weighted by Crippen LogP contribution is -2.43. The third kappa shape index (κ3) is 4.05. The van der Waals surface area contributed by atoms with Gasteiger partial charge in [0.1, 0.15) is 6.67 Å². The van der Waals surface area contributed by atoms with Crippen LogP contribution in [0, 0.1) is 20.8 Å². The highest BCUT2D eigenvalue weighted by Gasteiger charge is 2.20. The summed E-state index contributed by atoms with van der Waals surface area (Å²) in [5, 5.41) is 10.8. The first kappa shape index (κ1) is 15.1. The first-order valence-corrected chi connectivity index (χ1v) is 6.00. The Kier molecular flexibility index (Phi) is 5.03. The molecular formula is C14H18FNO3. The van der Waals surface area contributed by atoms with Crippen molar-refractivity contribution in [1.29, 1.82) is 0 Å². The van der Waals surface area contributed by atoms with Crippen molar-refractivity contribution >= 4 is 11.9 Å². The second-order valence-corrected chi connectivity index (χ2v) is 4.67. The van der Waals surface area contributed by atoms with E-state index in [1.54, 1.807) is 0 Å². The number of halogens is 1. The molecule has 1 atom stereocenters. The molecule has 2 N–H and O–H groups in total. The predicted molar refractivity (Wildman–Crippen MR) is 69.9 cm³/mol. The van der Waals surface area contributed by atoms with E-state index >= 15 is 0 Å². The van der Waals surface area contributed by atoms with Gasteiger partial charge in [0, 0.05) is 0 Å². The van der Waals surface area contributed by atoms with Gasteiger partial charge >= 0.3 is 5.97 Å². The molecule has 19 heavy (non-hydrogen) atoms. The monoisotopic (exact) mass is 267 g/mol. The molecule has 104 valence electrons. The number of rotatable bonds is 5. The Labute approximate surface area is 111 Å². The van der Waals surface area contributed by atoms with Gasteiger partial charge in [0.15, 0.2) is 6.04 Å². The van der Waals surface area contributed by atoms with Gasteiger partial charge in [-0.3, -0.25) is 4.79 Å². The third-order valence-electron chi connectivity index (χ3n) is 2.97. The van der Waals surface area contributed by atoms with Gasteiger partial charge in [0.25, 0.3) is 0 Å². The van der Waals surface area contributed by atoms with Crippen LogP contribution < -0.4 is 5.32 Å². The lowest BCUT2D eigenvalue weighted by molar-refractivity contribution is -0.142. The number of alkyl halides is 1. The summed E-state index contributed by atoms with van der Waals surface area (Å²) in [5.41, 5.74) is 3.90. The fourth-order valence-corrected chi connectivity index (χ4v) is 2.06. The number of benzene rings is 1. The Bertz CT molecular complexity index is 476. The van der Waals surface area contributed by atoms with Crippen LogP contribution in [0.15, 0.2) is 12.1 Å². The summed E-state index contributed by atoms with van der Waals surface area (Å²) < 4.78 is 12.4. The fourth-order valence-electron chi connectivity index (χ4n) is 2.06. The van der Waals surface area contributed by atoms with Gasteiger partial charge in [0.2, 0.25) is 5.91 Å². The highest BCUT2D eigenvalue weighted by atomic mass is 19.1. The van der Waals surface area contributed by atoms with Crippen molar-refractivity contribution in [3.63, 3.8) is 0 Å². The zero-order valence-electron chi connectivity index (χ0n) is 11.3. The van der Waals surface area contributed by atoms with E-state index in [-0.39, 0.29) is 6.42 Å². The number of aryl methyl sites for hydroxylation is 3. The van der Waals surface area contributed by atoms with E-state index in [2.05, 4.69) is 5.32 Å². The summed E-state index contributed by atoms with van der Waals surface area (Å²) in [6.07, 6.45) is 0.0573. The molecule has 1 amide bonds. The summed E-state index contributed by atoms with van der Waals surface area (Å²) in [6.45, 7) is 4.64. The SMILES string of the molecule is Cc1cc(C)c(CC(=O)NC(CF)C(=O)O)c(C)c1. The molecule has 0 heterocycles. The first-order chi connectivity index (χ1) is 8.85. The maximum Gasteiger partial charge on any atom is 0.328 e. The molecule has 0 saturated carbocycles. The number of carboxylic acids is 1. The molecule has 5 heteroatoms. The maximum absolute atomic E-state index is 12.4. The molecule has 0 spiro atoms. The Hall–Kier alpha value is -1.91. The molecule has 1 aromatic carbocycles. The van der Waals surface area contributed by atoms with E-state index in [1.807, 2.05) is 32.9 Å². The predicted octanol–water partition coefficient (Wildman–Crippen LogP) is 1.69. The Morgan fingerprint density at radius 3 is 2.21 bits per heavy atom. The fraction of sp³-hybridized carbons (Fsp3) is 0.429. The van der Waals surface area contributed by atoms with Gasteiger partial charge in [-0.1, -0.05) is 17.7 Å². The van der Waals surface area contributed by atoms with Gasteiger partial charge in [-0.15, -0.1) is 0 Å². The lowest BCUT2D eigenvalue weighted by atomic mass is 9.97. The summed E-state index contributed by atoms with van der Waals surface area (Å²) in [4.78, 5) is 22.4. The number of hydrogen-bond donors (Lipinski definition) is 2. The third-order valence-corrected chi connectivity index (χ3v) is 2.97. The molecule has 0 fully saturated rings. The molecule has 0 aromatic heterocycles. The Morgan fingerprint density at radius 1 is 1.26 bits per heavy atom. The second kappa shape index (κ2) is 6.31. The van der Waals surface area contributed by atoms with Crippen LogP contribution in [0.25, 0.3) is 0 Å². The number of hydrogen-bond acceptors (Lipinski definition) is 2. The van der Waals surface area contributed by atoms with Gasteiger partial charge in [0.05, 0.1) is 6.42 Å². The molecule has 1 rings (SSSR count). The number of amides is 1. The molecule has 0 radical (unpaired) electrons. The van der Waals surface area contributed by atoms with Gasteiger partial charge in [-0.2, -0.15) is 0 Å². The van der Waals surface area contributed by atoms with Crippen molar-refractivity contribution in [3.05, 3.63) is 34.4 Å². The Morgan fingerprint density at radius 2 is 1.79 bits per heavy atom. The minimum Gasteiger partial charge on any atom is -0.480 e. The van der Waals surface area contributed by atoms with Crippen LogP contribution in [-0.2, 0) is 16.0 Å². The van der Waals surface area contributed by atoms with E-state index in [0.29, 0.717) is 0 Å². The summed E-state index contributed by atoms with van der Waals surface area (Å²) >= 11 is 0. The minimum absolute atomic E-state index is 0.0573. The number of carboxylic acid groups (broad SMARTS) is 1. The second-order valence-electron chi connectivity index (χ2n) is 4.67. The largest absolute Gasteiger partial charge is 0.480 e. The van der Waals surface area contributed by atoms with Crippen molar-refractivity contribution in [2.24, 2.45) is 0 Å². The molecule has 0 aliphatic rings. The van der Waals surface area contributed by atoms with Crippen LogP contribution in [0.5, 0.6) is 0 Å². The van der Waals surface area contributed by atoms with Crippen LogP contribution in [0.3, 0.4) is 0 Å². The van der Waals surface area contributed by atoms with Crippen LogP contribution >= 0.6 is 0 Å². The number of nitrogens with one attached hydrogen (secondary N) is 1. The zero-order valence-corrected chi connectivity index (χ0v) is 11.3. The topological polar surface area (TPSA) is 66.4 Å². The average Bonchev–Trinajstić information content (AvgIpc) is 2.30. The van der Waals surface area contributed by atoms with Gasteiger partial charge < -0.3 is 10.4 Å². The van der Waals surface area contributed by atoms with Crippen LogP contribution in [0.1, 0.15) is 22.3 Å². The maximum atomic E-state index is 12.4. The summed E-state index contributed by atoms with van der Waals surface area (Å²) in [6, 6.07) is 2.44. The van der Waals surface area contributed by atoms with Crippen molar-refractivity contribution < 1.29 is 19.1 Å². The van der Waals surface area contributed by atoms with E-state index < -0.39 is 24.6 Å². The standard InChI is InChI=1S/C14H18FNO3/c1-8-4-9(2)11(10(3)5-8)6-13(17)16-12(7-15)14(18)19/h4-5,12H,6-7H2,1-3H3,(H,16,17)(H,18,19). The van der Waals surface area contributed by atoms with E-state index in [4.69, 9.17) is 5.11 Å². The van der Waals surface area contributed by atoms with Crippen molar-refractivity contribution in [2.45, 2.75) is 33.2 Å². The first-order valence-electron chi connectivity index (χ1n) is 6.00. The average molecular weight is 267 g/mol. The molecule has 1 unspecified atom stereocenters. The minimum atomic E-state index is -1.47. The van der Waals surface area contributed by atoms with E-state index in [0.717, 1.165) is 22.3 Å². The van der Waals surface area contributed by atoms with E-state index in [1.165, 1.54) is 0 Å².